The molecule has 0 atom stereocenters. The molecule has 0 bridgehead atoms. The molecule has 0 saturated carbocycles. The van der Waals surface area contributed by atoms with E-state index in [0.29, 0.717) is 23.9 Å². The maximum atomic E-state index is 5.27. The summed E-state index contributed by atoms with van der Waals surface area (Å²) >= 11 is 0. The Morgan fingerprint density at radius 3 is 2.06 bits per heavy atom. The highest BCUT2D eigenvalue weighted by molar-refractivity contribution is 5.62. The lowest BCUT2D eigenvalue weighted by Crippen LogP contribution is -2.09. The molecule has 102 valence electrons. The van der Waals surface area contributed by atoms with E-state index in [2.05, 4.69) is 5.32 Å². The normalized spacial score (nSPS) is 10.0. The van der Waals surface area contributed by atoms with Crippen LogP contribution in [0, 0.1) is 0 Å². The summed E-state index contributed by atoms with van der Waals surface area (Å²) in [4.78, 5) is 0. The predicted molar refractivity (Wildman–Crippen MR) is 71.1 cm³/mol. The van der Waals surface area contributed by atoms with E-state index < -0.39 is 0 Å². The first kappa shape index (κ1) is 14.4. The second kappa shape index (κ2) is 7.66. The minimum atomic E-state index is 0.593. The molecule has 5 heteroatoms. The molecular weight excluding hydrogens is 234 g/mol. The van der Waals surface area contributed by atoms with E-state index in [-0.39, 0.29) is 0 Å². The summed E-state index contributed by atoms with van der Waals surface area (Å²) in [5.74, 6) is 1.86. The molecule has 1 aromatic rings. The van der Waals surface area contributed by atoms with Crippen molar-refractivity contribution in [2.24, 2.45) is 0 Å². The van der Waals surface area contributed by atoms with Crippen LogP contribution in [-0.4, -0.2) is 41.1 Å². The molecule has 0 aliphatic carbocycles. The second-order valence-electron chi connectivity index (χ2n) is 3.54. The minimum Gasteiger partial charge on any atom is -0.493 e. The van der Waals surface area contributed by atoms with Gasteiger partial charge in [-0.3, -0.25) is 0 Å². The first-order chi connectivity index (χ1) is 8.76. The molecule has 18 heavy (non-hydrogen) atoms. The van der Waals surface area contributed by atoms with Crippen LogP contribution in [0.4, 0.5) is 5.69 Å². The van der Waals surface area contributed by atoms with Crippen LogP contribution in [0.15, 0.2) is 12.1 Å². The number of ether oxygens (including phenoxy) is 4. The quantitative estimate of drug-likeness (QED) is 0.721. The van der Waals surface area contributed by atoms with E-state index in [9.17, 15) is 0 Å². The van der Waals surface area contributed by atoms with Gasteiger partial charge < -0.3 is 24.3 Å². The first-order valence-corrected chi connectivity index (χ1v) is 5.88. The van der Waals surface area contributed by atoms with Crippen molar-refractivity contribution >= 4 is 5.69 Å². The van der Waals surface area contributed by atoms with Crippen LogP contribution in [0.25, 0.3) is 0 Å². The zero-order chi connectivity index (χ0) is 13.4. The van der Waals surface area contributed by atoms with Gasteiger partial charge in [-0.15, -0.1) is 0 Å². The molecule has 0 unspecified atom stereocenters. The van der Waals surface area contributed by atoms with Gasteiger partial charge in [0.25, 0.3) is 0 Å². The third kappa shape index (κ3) is 3.70. The highest BCUT2D eigenvalue weighted by Gasteiger charge is 2.12. The van der Waals surface area contributed by atoms with Crippen molar-refractivity contribution in [3.05, 3.63) is 12.1 Å². The van der Waals surface area contributed by atoms with Crippen molar-refractivity contribution in [3.8, 4) is 17.2 Å². The molecule has 0 heterocycles. The van der Waals surface area contributed by atoms with E-state index in [0.717, 1.165) is 18.8 Å². The van der Waals surface area contributed by atoms with Crippen molar-refractivity contribution in [2.45, 2.75) is 6.92 Å². The van der Waals surface area contributed by atoms with Gasteiger partial charge in [-0.05, 0) is 6.92 Å². The number of hydrogen-bond donors (Lipinski definition) is 1. The molecule has 1 aromatic carbocycles. The molecule has 0 spiro atoms. The van der Waals surface area contributed by atoms with Gasteiger partial charge in [0, 0.05) is 31.0 Å². The third-order valence-electron chi connectivity index (χ3n) is 2.44. The van der Waals surface area contributed by atoms with Gasteiger partial charge in [0.2, 0.25) is 5.75 Å². The maximum absolute atomic E-state index is 5.27. The highest BCUT2D eigenvalue weighted by Crippen LogP contribution is 2.39. The third-order valence-corrected chi connectivity index (χ3v) is 2.44. The Bertz CT molecular complexity index is 343. The molecule has 0 aliphatic rings. The Balaban J connectivity index is 2.80. The summed E-state index contributed by atoms with van der Waals surface area (Å²) in [7, 11) is 4.78. The van der Waals surface area contributed by atoms with Crippen LogP contribution < -0.4 is 19.5 Å². The number of anilines is 1. The fourth-order valence-electron chi connectivity index (χ4n) is 1.60. The lowest BCUT2D eigenvalue weighted by molar-refractivity contribution is 0.158. The number of hydrogen-bond acceptors (Lipinski definition) is 5. The van der Waals surface area contributed by atoms with Crippen LogP contribution in [0.5, 0.6) is 17.2 Å². The van der Waals surface area contributed by atoms with E-state index in [4.69, 9.17) is 18.9 Å². The van der Waals surface area contributed by atoms with Crippen LogP contribution in [0.1, 0.15) is 6.92 Å². The van der Waals surface area contributed by atoms with Gasteiger partial charge >= 0.3 is 0 Å². The van der Waals surface area contributed by atoms with Crippen molar-refractivity contribution in [1.82, 2.24) is 0 Å². The molecule has 1 rings (SSSR count). The predicted octanol–water partition coefficient (Wildman–Crippen LogP) is 2.16. The Morgan fingerprint density at radius 1 is 1.00 bits per heavy atom. The molecule has 0 aromatic heterocycles. The van der Waals surface area contributed by atoms with Gasteiger partial charge in [-0.2, -0.15) is 0 Å². The Labute approximate surface area is 108 Å². The van der Waals surface area contributed by atoms with Crippen molar-refractivity contribution < 1.29 is 18.9 Å². The number of nitrogens with one attached hydrogen (secondary N) is 1. The van der Waals surface area contributed by atoms with Crippen LogP contribution in [-0.2, 0) is 4.74 Å². The minimum absolute atomic E-state index is 0.593. The summed E-state index contributed by atoms with van der Waals surface area (Å²) in [6.07, 6.45) is 0. The number of rotatable bonds is 8. The van der Waals surface area contributed by atoms with Gasteiger partial charge in [0.15, 0.2) is 11.5 Å². The molecule has 0 saturated heterocycles. The Hall–Kier alpha value is -1.62. The summed E-state index contributed by atoms with van der Waals surface area (Å²) in [5, 5.41) is 3.24. The first-order valence-electron chi connectivity index (χ1n) is 5.88. The summed E-state index contributed by atoms with van der Waals surface area (Å²) in [6, 6.07) is 3.74. The van der Waals surface area contributed by atoms with Crippen LogP contribution in [0.2, 0.25) is 0 Å². The number of methoxy groups -OCH3 is 3. The molecule has 0 fully saturated rings. The molecular formula is C13H21NO4. The SMILES string of the molecule is CCOCCNc1cc(OC)c(OC)c(OC)c1. The average molecular weight is 255 g/mol. The fraction of sp³-hybridized carbons (Fsp3) is 0.538. The average Bonchev–Trinajstić information content (AvgIpc) is 2.42. The van der Waals surface area contributed by atoms with Crippen molar-refractivity contribution in [3.63, 3.8) is 0 Å². The largest absolute Gasteiger partial charge is 0.493 e. The zero-order valence-corrected chi connectivity index (χ0v) is 11.4. The summed E-state index contributed by atoms with van der Waals surface area (Å²) in [6.45, 7) is 4.08. The zero-order valence-electron chi connectivity index (χ0n) is 11.4. The summed E-state index contributed by atoms with van der Waals surface area (Å²) < 4.78 is 21.1. The van der Waals surface area contributed by atoms with Crippen molar-refractivity contribution in [1.29, 1.82) is 0 Å². The Kier molecular flexibility index (Phi) is 6.14. The van der Waals surface area contributed by atoms with Crippen LogP contribution in [0.3, 0.4) is 0 Å². The Morgan fingerprint density at radius 2 is 1.61 bits per heavy atom. The lowest BCUT2D eigenvalue weighted by atomic mass is 10.2. The smallest absolute Gasteiger partial charge is 0.203 e. The van der Waals surface area contributed by atoms with E-state index in [1.165, 1.54) is 0 Å². The monoisotopic (exact) mass is 255 g/mol. The van der Waals surface area contributed by atoms with Gasteiger partial charge in [0.05, 0.1) is 27.9 Å². The summed E-state index contributed by atoms with van der Waals surface area (Å²) in [5.41, 5.74) is 0.907. The fourth-order valence-corrected chi connectivity index (χ4v) is 1.60. The van der Waals surface area contributed by atoms with E-state index >= 15 is 0 Å². The molecule has 0 amide bonds. The topological polar surface area (TPSA) is 49.0 Å². The van der Waals surface area contributed by atoms with Gasteiger partial charge in [-0.25, -0.2) is 0 Å². The molecule has 5 nitrogen and oxygen atoms in total. The van der Waals surface area contributed by atoms with E-state index in [1.807, 2.05) is 19.1 Å². The van der Waals surface area contributed by atoms with Gasteiger partial charge in [0.1, 0.15) is 0 Å². The molecule has 0 aliphatic heterocycles. The molecule has 0 radical (unpaired) electrons. The maximum Gasteiger partial charge on any atom is 0.203 e. The van der Waals surface area contributed by atoms with Crippen molar-refractivity contribution in [2.75, 3.05) is 46.4 Å². The van der Waals surface area contributed by atoms with E-state index in [1.54, 1.807) is 21.3 Å². The molecule has 1 N–H and O–H groups in total. The highest BCUT2D eigenvalue weighted by atomic mass is 16.5. The lowest BCUT2D eigenvalue weighted by Gasteiger charge is -2.15. The number of benzene rings is 1. The second-order valence-corrected chi connectivity index (χ2v) is 3.54. The standard InChI is InChI=1S/C13H21NO4/c1-5-18-7-6-14-10-8-11(15-2)13(17-4)12(9-10)16-3/h8-9,14H,5-7H2,1-4H3. The van der Waals surface area contributed by atoms with Crippen LogP contribution >= 0.6 is 0 Å². The van der Waals surface area contributed by atoms with Gasteiger partial charge in [-0.1, -0.05) is 0 Å².